The van der Waals surface area contributed by atoms with E-state index in [1.54, 1.807) is 0 Å². The van der Waals surface area contributed by atoms with Crippen molar-refractivity contribution < 1.29 is 9.53 Å². The van der Waals surface area contributed by atoms with Crippen LogP contribution in [0.5, 0.6) is 0 Å². The Morgan fingerprint density at radius 1 is 0.952 bits per heavy atom. The first-order valence-electron chi connectivity index (χ1n) is 9.23. The van der Waals surface area contributed by atoms with Crippen molar-refractivity contribution in [1.29, 1.82) is 0 Å². The van der Waals surface area contributed by atoms with Gasteiger partial charge in [-0.2, -0.15) is 0 Å². The Morgan fingerprint density at radius 3 is 2.67 bits per heavy atom. The highest BCUT2D eigenvalue weighted by molar-refractivity contribution is 5.87. The van der Waals surface area contributed by atoms with Crippen LogP contribution < -0.4 is 0 Å². The number of hydrogen-bond acceptors (Lipinski definition) is 2. The number of fused-ring (bicyclic) bond motifs is 7. The summed E-state index contributed by atoms with van der Waals surface area (Å²) in [5.41, 5.74) is 0.547. The highest BCUT2D eigenvalue weighted by Gasteiger charge is 2.64. The lowest BCUT2D eigenvalue weighted by molar-refractivity contribution is -0.138. The summed E-state index contributed by atoms with van der Waals surface area (Å²) in [6.45, 7) is 4.87. The van der Waals surface area contributed by atoms with Gasteiger partial charge in [0.2, 0.25) is 0 Å². The van der Waals surface area contributed by atoms with Crippen molar-refractivity contribution in [2.75, 3.05) is 0 Å². The second kappa shape index (κ2) is 3.93. The molecule has 4 aliphatic carbocycles. The second-order valence-corrected chi connectivity index (χ2v) is 9.16. The van der Waals surface area contributed by atoms with Crippen molar-refractivity contribution in [2.45, 2.75) is 77.4 Å². The van der Waals surface area contributed by atoms with Crippen molar-refractivity contribution in [2.24, 2.45) is 34.5 Å². The van der Waals surface area contributed by atoms with Crippen molar-refractivity contribution in [3.8, 4) is 0 Å². The Morgan fingerprint density at radius 2 is 1.81 bits per heavy atom. The van der Waals surface area contributed by atoms with E-state index in [-0.39, 0.29) is 5.41 Å². The minimum absolute atomic E-state index is 0.0393. The van der Waals surface area contributed by atoms with Gasteiger partial charge in [0.15, 0.2) is 0 Å². The van der Waals surface area contributed by atoms with Crippen LogP contribution in [0.15, 0.2) is 0 Å². The lowest BCUT2D eigenvalue weighted by Crippen LogP contribution is -2.54. The van der Waals surface area contributed by atoms with Crippen molar-refractivity contribution >= 4 is 5.78 Å². The first-order valence-corrected chi connectivity index (χ1v) is 9.23. The van der Waals surface area contributed by atoms with Crippen LogP contribution in [-0.4, -0.2) is 18.0 Å². The Balaban J connectivity index is 1.49. The van der Waals surface area contributed by atoms with Crippen LogP contribution in [0.2, 0.25) is 0 Å². The molecule has 5 rings (SSSR count). The molecule has 2 heteroatoms. The molecule has 8 atom stereocenters. The van der Waals surface area contributed by atoms with Gasteiger partial charge in [-0.3, -0.25) is 4.79 Å². The Bertz CT molecular complexity index is 500. The molecule has 0 radical (unpaired) electrons. The normalized spacial score (nSPS) is 61.5. The second-order valence-electron chi connectivity index (χ2n) is 9.16. The first kappa shape index (κ1) is 13.1. The fourth-order valence-electron chi connectivity index (χ4n) is 7.36. The molecule has 0 N–H and O–H groups in total. The average Bonchev–Trinajstić information content (AvgIpc) is 3.18. The Hall–Kier alpha value is -0.370. The predicted octanol–water partition coefficient (Wildman–Crippen LogP) is 3.98. The molecule has 0 aromatic carbocycles. The summed E-state index contributed by atoms with van der Waals surface area (Å²) in [7, 11) is 0. The number of carbonyl (C=O) groups excluding carboxylic acids is 1. The number of carbonyl (C=O) groups is 1. The summed E-state index contributed by atoms with van der Waals surface area (Å²) < 4.78 is 5.96. The van der Waals surface area contributed by atoms with Gasteiger partial charge < -0.3 is 4.74 Å². The third-order valence-electron chi connectivity index (χ3n) is 8.64. The maximum atomic E-state index is 12.4. The van der Waals surface area contributed by atoms with Gasteiger partial charge in [0, 0.05) is 11.8 Å². The summed E-state index contributed by atoms with van der Waals surface area (Å²) in [6.07, 6.45) is 11.1. The van der Waals surface area contributed by atoms with Crippen molar-refractivity contribution in [3.05, 3.63) is 0 Å². The van der Waals surface area contributed by atoms with Gasteiger partial charge >= 0.3 is 0 Å². The van der Waals surface area contributed by atoms with Crippen LogP contribution in [0.3, 0.4) is 0 Å². The molecule has 5 aliphatic rings. The number of epoxide rings is 1. The standard InChI is InChI=1S/C19H28O2/c1-18-10-8-15-17(21-15)14(18)4-3-11-12-5-6-16(20)19(12,2)9-7-13(11)18/h11-15,17H,3-10H2,1-2H3/t11-,12-,13-,14+,15-,17+,18+,19-/m0/s1. The van der Waals surface area contributed by atoms with Gasteiger partial charge in [0.05, 0.1) is 12.2 Å². The maximum Gasteiger partial charge on any atom is 0.139 e. The van der Waals surface area contributed by atoms with E-state index in [2.05, 4.69) is 13.8 Å². The van der Waals surface area contributed by atoms with E-state index >= 15 is 0 Å². The minimum atomic E-state index is 0.0393. The molecule has 1 aliphatic heterocycles. The highest BCUT2D eigenvalue weighted by atomic mass is 16.6. The van der Waals surface area contributed by atoms with Crippen LogP contribution in [0, 0.1) is 34.5 Å². The van der Waals surface area contributed by atoms with Crippen LogP contribution >= 0.6 is 0 Å². The van der Waals surface area contributed by atoms with E-state index in [4.69, 9.17) is 4.74 Å². The SMILES string of the molecule is C[C@]12CC[C@@H]3O[C@@H]3[C@H]1CC[C@@H]1[C@@H]2CC[C@]2(C)C(=O)CC[C@@H]12. The smallest absolute Gasteiger partial charge is 0.139 e. The molecule has 0 amide bonds. The predicted molar refractivity (Wildman–Crippen MR) is 80.8 cm³/mol. The third-order valence-corrected chi connectivity index (χ3v) is 8.64. The lowest BCUT2D eigenvalue weighted by atomic mass is 9.45. The highest BCUT2D eigenvalue weighted by Crippen LogP contribution is 2.67. The molecule has 4 saturated carbocycles. The monoisotopic (exact) mass is 288 g/mol. The van der Waals surface area contributed by atoms with Crippen molar-refractivity contribution in [1.82, 2.24) is 0 Å². The van der Waals surface area contributed by atoms with E-state index < -0.39 is 0 Å². The molecular weight excluding hydrogens is 260 g/mol. The molecule has 116 valence electrons. The molecule has 1 heterocycles. The van der Waals surface area contributed by atoms with Gasteiger partial charge in [-0.25, -0.2) is 0 Å². The van der Waals surface area contributed by atoms with Gasteiger partial charge in [-0.1, -0.05) is 13.8 Å². The summed E-state index contributed by atoms with van der Waals surface area (Å²) >= 11 is 0. The van der Waals surface area contributed by atoms with Crippen LogP contribution in [0.1, 0.15) is 65.2 Å². The van der Waals surface area contributed by atoms with Crippen molar-refractivity contribution in [3.63, 3.8) is 0 Å². The molecule has 0 aromatic heterocycles. The molecule has 1 saturated heterocycles. The average molecular weight is 288 g/mol. The topological polar surface area (TPSA) is 29.6 Å². The number of hydrogen-bond donors (Lipinski definition) is 0. The fourth-order valence-corrected chi connectivity index (χ4v) is 7.36. The lowest BCUT2D eigenvalue weighted by Gasteiger charge is -2.58. The third kappa shape index (κ3) is 1.51. The Labute approximate surface area is 128 Å². The summed E-state index contributed by atoms with van der Waals surface area (Å²) in [5.74, 6) is 3.78. The zero-order valence-corrected chi connectivity index (χ0v) is 13.4. The number of rotatable bonds is 0. The summed E-state index contributed by atoms with van der Waals surface area (Å²) in [6, 6.07) is 0. The van der Waals surface area contributed by atoms with E-state index in [0.717, 1.165) is 30.6 Å². The molecule has 2 nitrogen and oxygen atoms in total. The zero-order valence-electron chi connectivity index (χ0n) is 13.4. The van der Waals surface area contributed by atoms with Gasteiger partial charge in [-0.15, -0.1) is 0 Å². The number of Topliss-reactive ketones (excluding diaryl/α,β-unsaturated/α-hetero) is 1. The fraction of sp³-hybridized carbons (Fsp3) is 0.947. The van der Waals surface area contributed by atoms with Crippen LogP contribution in [0.4, 0.5) is 0 Å². The molecule has 21 heavy (non-hydrogen) atoms. The van der Waals surface area contributed by atoms with E-state index in [9.17, 15) is 4.79 Å². The van der Waals surface area contributed by atoms with Gasteiger partial charge in [0.1, 0.15) is 5.78 Å². The summed E-state index contributed by atoms with van der Waals surface area (Å²) in [5, 5.41) is 0. The van der Waals surface area contributed by atoms with E-state index in [1.807, 2.05) is 0 Å². The minimum Gasteiger partial charge on any atom is -0.369 e. The zero-order chi connectivity index (χ0) is 14.4. The summed E-state index contributed by atoms with van der Waals surface area (Å²) in [4.78, 5) is 12.4. The molecular formula is C19H28O2. The molecule has 0 spiro atoms. The van der Waals surface area contributed by atoms with Gasteiger partial charge in [0.25, 0.3) is 0 Å². The molecule has 0 unspecified atom stereocenters. The molecule has 0 aromatic rings. The Kier molecular flexibility index (Phi) is 2.45. The maximum absolute atomic E-state index is 12.4. The quantitative estimate of drug-likeness (QED) is 0.631. The number of ether oxygens (including phenoxy) is 1. The molecule has 0 bridgehead atoms. The largest absolute Gasteiger partial charge is 0.369 e. The van der Waals surface area contributed by atoms with E-state index in [1.165, 1.54) is 38.5 Å². The van der Waals surface area contributed by atoms with Crippen LogP contribution in [-0.2, 0) is 9.53 Å². The van der Waals surface area contributed by atoms with Crippen LogP contribution in [0.25, 0.3) is 0 Å². The molecule has 5 fully saturated rings. The van der Waals surface area contributed by atoms with E-state index in [0.29, 0.717) is 29.3 Å². The number of ketones is 1. The van der Waals surface area contributed by atoms with Gasteiger partial charge in [-0.05, 0) is 74.0 Å². The first-order chi connectivity index (χ1) is 10.0.